The molecule has 20 heavy (non-hydrogen) atoms. The first-order valence-corrected chi connectivity index (χ1v) is 7.58. The van der Waals surface area contributed by atoms with Gasteiger partial charge >= 0.3 is 0 Å². The molecule has 3 rings (SSSR count). The van der Waals surface area contributed by atoms with Crippen molar-refractivity contribution in [2.45, 2.75) is 45.6 Å². The molecule has 1 aromatic carbocycles. The summed E-state index contributed by atoms with van der Waals surface area (Å²) >= 11 is 5.54. The molecule has 1 saturated carbocycles. The lowest BCUT2D eigenvalue weighted by Crippen LogP contribution is -2.30. The van der Waals surface area contributed by atoms with Crippen LogP contribution in [0.25, 0.3) is 11.0 Å². The van der Waals surface area contributed by atoms with E-state index in [-0.39, 0.29) is 5.41 Å². The Morgan fingerprint density at radius 2 is 2.20 bits per heavy atom. The van der Waals surface area contributed by atoms with Crippen LogP contribution in [-0.4, -0.2) is 9.55 Å². The predicted molar refractivity (Wildman–Crippen MR) is 83.1 cm³/mol. The van der Waals surface area contributed by atoms with Gasteiger partial charge in [0.05, 0.1) is 22.7 Å². The molecule has 0 aliphatic heterocycles. The summed E-state index contributed by atoms with van der Waals surface area (Å²) in [4.78, 5) is 3.28. The Bertz CT molecular complexity index is 745. The number of rotatable bonds is 1. The van der Waals surface area contributed by atoms with Gasteiger partial charge in [-0.15, -0.1) is 0 Å². The zero-order valence-corrected chi connectivity index (χ0v) is 12.8. The van der Waals surface area contributed by atoms with Crippen LogP contribution in [0.5, 0.6) is 0 Å². The van der Waals surface area contributed by atoms with Crippen LogP contribution >= 0.6 is 12.2 Å². The summed E-state index contributed by atoms with van der Waals surface area (Å²) in [5, 5.41) is 9.11. The largest absolute Gasteiger partial charge is 0.331 e. The Labute approximate surface area is 124 Å². The highest BCUT2D eigenvalue weighted by atomic mass is 32.1. The Balaban J connectivity index is 2.22. The van der Waals surface area contributed by atoms with Crippen molar-refractivity contribution in [2.24, 2.45) is 5.41 Å². The third kappa shape index (κ3) is 2.06. The van der Waals surface area contributed by atoms with Gasteiger partial charge in [0.25, 0.3) is 0 Å². The molecule has 104 valence electrons. The fourth-order valence-corrected chi connectivity index (χ4v) is 3.79. The maximum atomic E-state index is 9.11. The van der Waals surface area contributed by atoms with E-state index < -0.39 is 0 Å². The molecule has 1 N–H and O–H groups in total. The molecule has 1 heterocycles. The van der Waals surface area contributed by atoms with Gasteiger partial charge in [-0.2, -0.15) is 5.26 Å². The van der Waals surface area contributed by atoms with E-state index in [0.717, 1.165) is 22.2 Å². The van der Waals surface area contributed by atoms with Crippen LogP contribution in [0.2, 0.25) is 0 Å². The molecule has 1 aliphatic rings. The Morgan fingerprint density at radius 1 is 1.40 bits per heavy atom. The lowest BCUT2D eigenvalue weighted by atomic mass is 9.73. The second kappa shape index (κ2) is 4.75. The zero-order chi connectivity index (χ0) is 14.3. The van der Waals surface area contributed by atoms with E-state index in [9.17, 15) is 0 Å². The lowest BCUT2D eigenvalue weighted by molar-refractivity contribution is 0.146. The highest BCUT2D eigenvalue weighted by Crippen LogP contribution is 2.45. The van der Waals surface area contributed by atoms with Crippen molar-refractivity contribution < 1.29 is 0 Å². The third-order valence-electron chi connectivity index (χ3n) is 4.61. The molecule has 0 amide bonds. The summed E-state index contributed by atoms with van der Waals surface area (Å²) < 4.78 is 3.01. The zero-order valence-electron chi connectivity index (χ0n) is 11.9. The highest BCUT2D eigenvalue weighted by Gasteiger charge is 2.34. The van der Waals surface area contributed by atoms with Crippen LogP contribution < -0.4 is 0 Å². The first-order chi connectivity index (χ1) is 9.53. The van der Waals surface area contributed by atoms with Crippen molar-refractivity contribution in [3.05, 3.63) is 28.5 Å². The fraction of sp³-hybridized carbons (Fsp3) is 0.500. The van der Waals surface area contributed by atoms with Crippen LogP contribution in [-0.2, 0) is 0 Å². The van der Waals surface area contributed by atoms with Gasteiger partial charge in [0.15, 0.2) is 4.77 Å². The lowest BCUT2D eigenvalue weighted by Gasteiger charge is -2.39. The number of nitriles is 1. The van der Waals surface area contributed by atoms with Crippen molar-refractivity contribution >= 4 is 23.3 Å². The van der Waals surface area contributed by atoms with Crippen LogP contribution in [0.1, 0.15) is 51.1 Å². The van der Waals surface area contributed by atoms with Gasteiger partial charge in [-0.1, -0.05) is 26.7 Å². The second-order valence-electron chi connectivity index (χ2n) is 6.39. The van der Waals surface area contributed by atoms with E-state index in [2.05, 4.69) is 29.5 Å². The normalized spacial score (nSPS) is 21.8. The van der Waals surface area contributed by atoms with Crippen LogP contribution in [0.4, 0.5) is 0 Å². The highest BCUT2D eigenvalue weighted by molar-refractivity contribution is 7.71. The average Bonchev–Trinajstić information content (AvgIpc) is 2.73. The molecule has 1 atom stereocenters. The Morgan fingerprint density at radius 3 is 2.90 bits per heavy atom. The van der Waals surface area contributed by atoms with Crippen molar-refractivity contribution in [3.63, 3.8) is 0 Å². The Hall–Kier alpha value is -1.60. The predicted octanol–water partition coefficient (Wildman–Crippen LogP) is 4.71. The van der Waals surface area contributed by atoms with Crippen LogP contribution in [0.15, 0.2) is 18.2 Å². The molecule has 2 aromatic rings. The maximum absolute atomic E-state index is 9.11. The van der Waals surface area contributed by atoms with Crippen molar-refractivity contribution in [1.29, 1.82) is 5.26 Å². The number of H-pyrrole nitrogens is 1. The second-order valence-corrected chi connectivity index (χ2v) is 6.78. The minimum absolute atomic E-state index is 0.244. The Kier molecular flexibility index (Phi) is 3.18. The number of hydrogen-bond acceptors (Lipinski definition) is 2. The summed E-state index contributed by atoms with van der Waals surface area (Å²) in [5.41, 5.74) is 3.02. The van der Waals surface area contributed by atoms with Gasteiger partial charge in [0.2, 0.25) is 0 Å². The van der Waals surface area contributed by atoms with E-state index in [0.29, 0.717) is 11.6 Å². The number of aromatic nitrogens is 2. The number of imidazole rings is 1. The molecular weight excluding hydrogens is 266 g/mol. The number of benzene rings is 1. The summed E-state index contributed by atoms with van der Waals surface area (Å²) in [6, 6.07) is 8.37. The van der Waals surface area contributed by atoms with Gasteiger partial charge in [-0.3, -0.25) is 0 Å². The standard InChI is InChI=1S/C16H19N3S/c1-16(2)8-4-3-5-14(16)19-13-9-11(10-17)6-7-12(13)18-15(19)20/h6-7,9,14H,3-5,8H2,1-2H3,(H,18,20). The first-order valence-electron chi connectivity index (χ1n) is 7.17. The molecule has 1 unspecified atom stereocenters. The quantitative estimate of drug-likeness (QED) is 0.771. The third-order valence-corrected chi connectivity index (χ3v) is 4.91. The van der Waals surface area contributed by atoms with Gasteiger partial charge in [-0.25, -0.2) is 0 Å². The smallest absolute Gasteiger partial charge is 0.178 e. The van der Waals surface area contributed by atoms with Crippen molar-refractivity contribution in [3.8, 4) is 6.07 Å². The molecule has 0 saturated heterocycles. The summed E-state index contributed by atoms with van der Waals surface area (Å²) in [6.07, 6.45) is 4.93. The SMILES string of the molecule is CC1(C)CCCCC1n1c(=S)[nH]c2ccc(C#N)cc21. The molecule has 3 nitrogen and oxygen atoms in total. The van der Waals surface area contributed by atoms with Gasteiger partial charge in [0, 0.05) is 6.04 Å². The maximum Gasteiger partial charge on any atom is 0.178 e. The van der Waals surface area contributed by atoms with Crippen molar-refractivity contribution in [1.82, 2.24) is 9.55 Å². The number of hydrogen-bond donors (Lipinski definition) is 1. The van der Waals surface area contributed by atoms with Gasteiger partial charge in [-0.05, 0) is 48.7 Å². The summed E-state index contributed by atoms with van der Waals surface area (Å²) in [7, 11) is 0. The van der Waals surface area contributed by atoms with Crippen molar-refractivity contribution in [2.75, 3.05) is 0 Å². The van der Waals surface area contributed by atoms with E-state index in [1.807, 2.05) is 18.2 Å². The van der Waals surface area contributed by atoms with E-state index in [4.69, 9.17) is 17.5 Å². The fourth-order valence-electron chi connectivity index (χ4n) is 3.45. The molecule has 1 aliphatic carbocycles. The van der Waals surface area contributed by atoms with E-state index in [1.54, 1.807) is 0 Å². The summed E-state index contributed by atoms with van der Waals surface area (Å²) in [6.45, 7) is 4.65. The molecule has 1 fully saturated rings. The van der Waals surface area contributed by atoms with Gasteiger partial charge < -0.3 is 9.55 Å². The van der Waals surface area contributed by atoms with E-state index >= 15 is 0 Å². The average molecular weight is 285 g/mol. The van der Waals surface area contributed by atoms with E-state index in [1.165, 1.54) is 19.3 Å². The number of nitrogens with zero attached hydrogens (tertiary/aromatic N) is 2. The number of nitrogens with one attached hydrogen (secondary N) is 1. The minimum Gasteiger partial charge on any atom is -0.331 e. The monoisotopic (exact) mass is 285 g/mol. The molecule has 0 radical (unpaired) electrons. The molecule has 4 heteroatoms. The summed E-state index contributed by atoms with van der Waals surface area (Å²) in [5.74, 6) is 0. The number of fused-ring (bicyclic) bond motifs is 1. The number of aromatic amines is 1. The minimum atomic E-state index is 0.244. The topological polar surface area (TPSA) is 44.5 Å². The molecular formula is C16H19N3S. The van der Waals surface area contributed by atoms with Gasteiger partial charge in [0.1, 0.15) is 0 Å². The molecule has 0 spiro atoms. The van der Waals surface area contributed by atoms with Crippen LogP contribution in [0, 0.1) is 21.5 Å². The molecule has 1 aromatic heterocycles. The molecule has 0 bridgehead atoms. The first kappa shape index (κ1) is 13.4. The van der Waals surface area contributed by atoms with Crippen LogP contribution in [0.3, 0.4) is 0 Å².